The van der Waals surface area contributed by atoms with Crippen molar-refractivity contribution in [3.05, 3.63) is 29.8 Å². The topological polar surface area (TPSA) is 113 Å². The van der Waals surface area contributed by atoms with E-state index >= 15 is 0 Å². The lowest BCUT2D eigenvalue weighted by Crippen LogP contribution is -2.42. The molecule has 1 N–H and O–H groups in total. The van der Waals surface area contributed by atoms with Gasteiger partial charge < -0.3 is 10.1 Å². The van der Waals surface area contributed by atoms with E-state index in [4.69, 9.17) is 4.74 Å². The highest BCUT2D eigenvalue weighted by Crippen LogP contribution is 2.21. The fourth-order valence-corrected chi connectivity index (χ4v) is 4.91. The molecule has 0 aromatic heterocycles. The Labute approximate surface area is 170 Å². The smallest absolute Gasteiger partial charge is 0.324 e. The minimum atomic E-state index is -3.52. The van der Waals surface area contributed by atoms with Crippen LogP contribution in [-0.2, 0) is 30.8 Å². The summed E-state index contributed by atoms with van der Waals surface area (Å²) in [5, 5.41) is 2.51. The number of hydrogen-bond acceptors (Lipinski definition) is 6. The van der Waals surface area contributed by atoms with Crippen LogP contribution in [0.2, 0.25) is 0 Å². The molecular weight excluding hydrogens is 398 g/mol. The Morgan fingerprint density at radius 2 is 1.76 bits per heavy atom. The lowest BCUT2D eigenvalue weighted by atomic mass is 10.1. The molecule has 158 valence electrons. The van der Waals surface area contributed by atoms with Crippen molar-refractivity contribution in [2.75, 3.05) is 26.2 Å². The molecule has 29 heavy (non-hydrogen) atoms. The number of nitrogens with one attached hydrogen (secondary N) is 1. The standard InChI is InChI=1S/C19H25N3O6S/c1-14(18(24)22-12-9-20-19(22)25)28-17(23)13-15-5-7-16(8-6-15)29(26,27)21-10-3-2-4-11-21/h5-8,14H,2-4,9-13H2,1H3,(H,20,25)/t14-/m1/s1. The third kappa shape index (κ3) is 4.94. The van der Waals surface area contributed by atoms with Gasteiger partial charge in [0.1, 0.15) is 0 Å². The first kappa shape index (κ1) is 21.3. The summed E-state index contributed by atoms with van der Waals surface area (Å²) in [6.07, 6.45) is 1.58. The van der Waals surface area contributed by atoms with E-state index in [0.717, 1.165) is 24.2 Å². The summed E-state index contributed by atoms with van der Waals surface area (Å²) in [6.45, 7) is 3.08. The maximum atomic E-state index is 12.7. The van der Waals surface area contributed by atoms with Gasteiger partial charge in [0.15, 0.2) is 6.10 Å². The SMILES string of the molecule is C[C@@H](OC(=O)Cc1ccc(S(=O)(=O)N2CCCCC2)cc1)C(=O)N1CCNC1=O. The Bertz CT molecular complexity index is 878. The van der Waals surface area contributed by atoms with Crippen molar-refractivity contribution in [3.63, 3.8) is 0 Å². The van der Waals surface area contributed by atoms with Crippen LogP contribution < -0.4 is 5.32 Å². The Morgan fingerprint density at radius 3 is 2.34 bits per heavy atom. The second-order valence-electron chi connectivity index (χ2n) is 7.14. The first-order chi connectivity index (χ1) is 13.8. The highest BCUT2D eigenvalue weighted by atomic mass is 32.2. The number of amides is 3. The summed E-state index contributed by atoms with van der Waals surface area (Å²) in [5.74, 6) is -1.20. The van der Waals surface area contributed by atoms with Crippen LogP contribution in [0, 0.1) is 0 Å². The van der Waals surface area contributed by atoms with Gasteiger partial charge in [-0.05, 0) is 37.5 Å². The summed E-state index contributed by atoms with van der Waals surface area (Å²) in [4.78, 5) is 37.0. The Kier molecular flexibility index (Phi) is 6.53. The average molecular weight is 423 g/mol. The highest BCUT2D eigenvalue weighted by molar-refractivity contribution is 7.89. The van der Waals surface area contributed by atoms with Crippen LogP contribution in [0.5, 0.6) is 0 Å². The van der Waals surface area contributed by atoms with Gasteiger partial charge in [-0.1, -0.05) is 18.6 Å². The quantitative estimate of drug-likeness (QED) is 0.680. The second-order valence-corrected chi connectivity index (χ2v) is 9.08. The molecule has 0 saturated carbocycles. The fourth-order valence-electron chi connectivity index (χ4n) is 3.39. The van der Waals surface area contributed by atoms with Gasteiger partial charge in [-0.15, -0.1) is 0 Å². The van der Waals surface area contributed by atoms with Gasteiger partial charge in [0.25, 0.3) is 5.91 Å². The molecule has 0 aliphatic carbocycles. The maximum absolute atomic E-state index is 12.7. The summed E-state index contributed by atoms with van der Waals surface area (Å²) in [6, 6.07) is 5.60. The van der Waals surface area contributed by atoms with Crippen molar-refractivity contribution in [1.82, 2.24) is 14.5 Å². The van der Waals surface area contributed by atoms with Gasteiger partial charge in [-0.3, -0.25) is 14.5 Å². The number of sulfonamides is 1. The lowest BCUT2D eigenvalue weighted by molar-refractivity contribution is -0.156. The minimum absolute atomic E-state index is 0.103. The van der Waals surface area contributed by atoms with E-state index in [9.17, 15) is 22.8 Å². The van der Waals surface area contributed by atoms with Crippen LogP contribution in [0.1, 0.15) is 31.7 Å². The number of ether oxygens (including phenoxy) is 1. The Hall–Kier alpha value is -2.46. The summed E-state index contributed by atoms with van der Waals surface area (Å²) >= 11 is 0. The first-order valence-electron chi connectivity index (χ1n) is 9.67. The number of rotatable bonds is 6. The molecule has 3 rings (SSSR count). The number of imide groups is 1. The summed E-state index contributed by atoms with van der Waals surface area (Å²) < 4.78 is 31.9. The zero-order valence-electron chi connectivity index (χ0n) is 16.3. The number of urea groups is 1. The van der Waals surface area contributed by atoms with Crippen LogP contribution in [-0.4, -0.2) is 67.8 Å². The number of carbonyl (C=O) groups is 3. The van der Waals surface area contributed by atoms with Crippen LogP contribution in [0.25, 0.3) is 0 Å². The molecule has 2 aliphatic heterocycles. The maximum Gasteiger partial charge on any atom is 0.324 e. The van der Waals surface area contributed by atoms with Gasteiger partial charge in [-0.25, -0.2) is 13.2 Å². The molecule has 1 aromatic carbocycles. The fraction of sp³-hybridized carbons (Fsp3) is 0.526. The van der Waals surface area contributed by atoms with Gasteiger partial charge in [0, 0.05) is 26.2 Å². The first-order valence-corrected chi connectivity index (χ1v) is 11.1. The van der Waals surface area contributed by atoms with Gasteiger partial charge in [0.2, 0.25) is 10.0 Å². The van der Waals surface area contributed by atoms with Crippen molar-refractivity contribution < 1.29 is 27.5 Å². The molecule has 9 nitrogen and oxygen atoms in total. The molecule has 0 unspecified atom stereocenters. The monoisotopic (exact) mass is 423 g/mol. The number of esters is 1. The van der Waals surface area contributed by atoms with E-state index in [1.165, 1.54) is 23.4 Å². The van der Waals surface area contributed by atoms with E-state index < -0.39 is 34.0 Å². The van der Waals surface area contributed by atoms with E-state index in [2.05, 4.69) is 5.32 Å². The minimum Gasteiger partial charge on any atom is -0.452 e. The number of carbonyl (C=O) groups excluding carboxylic acids is 3. The van der Waals surface area contributed by atoms with E-state index in [-0.39, 0.29) is 17.9 Å². The number of nitrogens with zero attached hydrogens (tertiary/aromatic N) is 2. The molecule has 0 bridgehead atoms. The van der Waals surface area contributed by atoms with Crippen LogP contribution in [0.3, 0.4) is 0 Å². The number of benzene rings is 1. The number of piperidine rings is 1. The molecule has 2 heterocycles. The van der Waals surface area contributed by atoms with E-state index in [0.29, 0.717) is 25.2 Å². The molecule has 3 amide bonds. The summed E-state index contributed by atoms with van der Waals surface area (Å²) in [7, 11) is -3.52. The Morgan fingerprint density at radius 1 is 1.10 bits per heavy atom. The van der Waals surface area contributed by atoms with Crippen molar-refractivity contribution in [2.45, 2.75) is 43.6 Å². The normalized spacial score (nSPS) is 18.9. The predicted octanol–water partition coefficient (Wildman–Crippen LogP) is 0.887. The van der Waals surface area contributed by atoms with Crippen molar-refractivity contribution >= 4 is 27.9 Å². The largest absolute Gasteiger partial charge is 0.452 e. The Balaban J connectivity index is 1.57. The molecule has 2 fully saturated rings. The van der Waals surface area contributed by atoms with Crippen LogP contribution in [0.4, 0.5) is 4.79 Å². The molecule has 2 saturated heterocycles. The zero-order chi connectivity index (χ0) is 21.0. The van der Waals surface area contributed by atoms with Crippen LogP contribution >= 0.6 is 0 Å². The van der Waals surface area contributed by atoms with Crippen molar-refractivity contribution in [1.29, 1.82) is 0 Å². The molecule has 0 spiro atoms. The van der Waals surface area contributed by atoms with Gasteiger partial charge in [0.05, 0.1) is 11.3 Å². The van der Waals surface area contributed by atoms with Gasteiger partial charge in [-0.2, -0.15) is 4.31 Å². The predicted molar refractivity (Wildman–Crippen MR) is 103 cm³/mol. The van der Waals surface area contributed by atoms with Crippen molar-refractivity contribution in [3.8, 4) is 0 Å². The summed E-state index contributed by atoms with van der Waals surface area (Å²) in [5.41, 5.74) is 0.575. The molecule has 10 heteroatoms. The molecular formula is C19H25N3O6S. The zero-order valence-corrected chi connectivity index (χ0v) is 17.1. The van der Waals surface area contributed by atoms with Gasteiger partial charge >= 0.3 is 12.0 Å². The molecule has 0 radical (unpaired) electrons. The molecule has 2 aliphatic rings. The molecule has 1 atom stereocenters. The second kappa shape index (κ2) is 8.91. The van der Waals surface area contributed by atoms with Crippen LogP contribution in [0.15, 0.2) is 29.2 Å². The van der Waals surface area contributed by atoms with E-state index in [1.807, 2.05) is 0 Å². The lowest BCUT2D eigenvalue weighted by Gasteiger charge is -2.25. The number of hydrogen-bond donors (Lipinski definition) is 1. The highest BCUT2D eigenvalue weighted by Gasteiger charge is 2.31. The molecule has 1 aromatic rings. The van der Waals surface area contributed by atoms with Crippen molar-refractivity contribution in [2.24, 2.45) is 0 Å². The third-order valence-electron chi connectivity index (χ3n) is 5.00. The van der Waals surface area contributed by atoms with E-state index in [1.54, 1.807) is 12.1 Å². The average Bonchev–Trinajstić information content (AvgIpc) is 3.14. The third-order valence-corrected chi connectivity index (χ3v) is 6.92.